The average Bonchev–Trinajstić information content (AvgIpc) is 2.46. The summed E-state index contributed by atoms with van der Waals surface area (Å²) in [5, 5.41) is 21.0. The van der Waals surface area contributed by atoms with E-state index in [4.69, 9.17) is 5.11 Å². The van der Waals surface area contributed by atoms with E-state index in [0.29, 0.717) is 0 Å². The van der Waals surface area contributed by atoms with Crippen molar-refractivity contribution in [3.05, 3.63) is 26.6 Å². The van der Waals surface area contributed by atoms with Gasteiger partial charge in [-0.2, -0.15) is 0 Å². The zero-order chi connectivity index (χ0) is 10.3. The van der Waals surface area contributed by atoms with Crippen molar-refractivity contribution >= 4 is 50.0 Å². The summed E-state index contributed by atoms with van der Waals surface area (Å²) in [7, 11) is 0. The van der Waals surface area contributed by atoms with Crippen LogP contribution in [0.5, 0.6) is 5.75 Å². The minimum absolute atomic E-state index is 0.0474. The number of rotatable bonds is 1. The molecule has 0 aliphatic rings. The molecule has 0 spiro atoms. The Hall–Kier alpha value is -0.820. The number of carboxylic acids is 1. The van der Waals surface area contributed by atoms with Gasteiger partial charge in [-0.3, -0.25) is 0 Å². The number of hydrogen-bond donors (Lipinski definition) is 2. The molecule has 0 aliphatic heterocycles. The summed E-state index contributed by atoms with van der Waals surface area (Å²) in [6.07, 6.45) is 0. The van der Waals surface area contributed by atoms with Crippen molar-refractivity contribution in [3.8, 4) is 5.75 Å². The number of fused-ring (bicyclic) bond motifs is 1. The van der Waals surface area contributed by atoms with Crippen molar-refractivity contribution in [3.63, 3.8) is 0 Å². The van der Waals surface area contributed by atoms with Crippen molar-refractivity contribution in [2.45, 2.75) is 0 Å². The second-order valence-corrected chi connectivity index (χ2v) is 4.83. The molecule has 1 heterocycles. The predicted molar refractivity (Wildman–Crippen MR) is 63.2 cm³/mol. The Balaban J connectivity index is 2.80. The Morgan fingerprint density at radius 3 is 2.79 bits per heavy atom. The average molecular weight is 320 g/mol. The van der Waals surface area contributed by atoms with Gasteiger partial charge in [0.2, 0.25) is 0 Å². The first-order valence-corrected chi connectivity index (χ1v) is 5.68. The van der Waals surface area contributed by atoms with Crippen molar-refractivity contribution in [1.82, 2.24) is 0 Å². The van der Waals surface area contributed by atoms with Crippen LogP contribution >= 0.6 is 33.9 Å². The SMILES string of the molecule is O=C(O)c1cc2c(I)csc2cc1O. The summed E-state index contributed by atoms with van der Waals surface area (Å²) in [5.74, 6) is -1.28. The number of aromatic carboxylic acids is 1. The number of carboxylic acid groups (broad SMARTS) is 1. The van der Waals surface area contributed by atoms with Crippen LogP contribution in [0.4, 0.5) is 0 Å². The molecule has 72 valence electrons. The van der Waals surface area contributed by atoms with Crippen molar-refractivity contribution in [1.29, 1.82) is 0 Å². The van der Waals surface area contributed by atoms with Crippen LogP contribution in [0, 0.1) is 3.57 Å². The summed E-state index contributed by atoms with van der Waals surface area (Å²) >= 11 is 3.63. The number of phenols is 1. The number of aromatic hydroxyl groups is 1. The molecule has 5 heteroatoms. The molecule has 0 saturated heterocycles. The maximum Gasteiger partial charge on any atom is 0.339 e. The quantitative estimate of drug-likeness (QED) is 0.795. The van der Waals surface area contributed by atoms with E-state index in [1.165, 1.54) is 23.5 Å². The molecule has 0 amide bonds. The molecule has 2 aromatic rings. The molecule has 0 bridgehead atoms. The lowest BCUT2D eigenvalue weighted by molar-refractivity contribution is 0.0694. The molecule has 14 heavy (non-hydrogen) atoms. The molecule has 0 atom stereocenters. The minimum Gasteiger partial charge on any atom is -0.507 e. The van der Waals surface area contributed by atoms with Crippen LogP contribution in [-0.2, 0) is 0 Å². The third-order valence-electron chi connectivity index (χ3n) is 1.87. The van der Waals surface area contributed by atoms with Crippen LogP contribution in [-0.4, -0.2) is 16.2 Å². The second-order valence-electron chi connectivity index (χ2n) is 2.75. The first kappa shape index (κ1) is 9.72. The van der Waals surface area contributed by atoms with Crippen LogP contribution in [0.25, 0.3) is 10.1 Å². The maximum absolute atomic E-state index is 10.7. The third-order valence-corrected chi connectivity index (χ3v) is 4.14. The van der Waals surface area contributed by atoms with Gasteiger partial charge in [-0.25, -0.2) is 4.79 Å². The van der Waals surface area contributed by atoms with Gasteiger partial charge in [0, 0.05) is 19.0 Å². The van der Waals surface area contributed by atoms with Gasteiger partial charge in [-0.05, 0) is 34.7 Å². The Labute approximate surface area is 97.1 Å². The van der Waals surface area contributed by atoms with Crippen molar-refractivity contribution in [2.75, 3.05) is 0 Å². The highest BCUT2D eigenvalue weighted by atomic mass is 127. The highest BCUT2D eigenvalue weighted by Crippen LogP contribution is 2.32. The van der Waals surface area contributed by atoms with E-state index in [1.807, 2.05) is 5.38 Å². The molecule has 1 aromatic heterocycles. The van der Waals surface area contributed by atoms with Gasteiger partial charge in [0.1, 0.15) is 11.3 Å². The molecule has 2 rings (SSSR count). The maximum atomic E-state index is 10.7. The van der Waals surface area contributed by atoms with Gasteiger partial charge < -0.3 is 10.2 Å². The molecule has 0 aliphatic carbocycles. The van der Waals surface area contributed by atoms with E-state index in [2.05, 4.69) is 22.6 Å². The second kappa shape index (κ2) is 3.39. The summed E-state index contributed by atoms with van der Waals surface area (Å²) in [5.41, 5.74) is -0.0474. The Bertz CT molecular complexity index is 518. The van der Waals surface area contributed by atoms with Crippen molar-refractivity contribution in [2.24, 2.45) is 0 Å². The summed E-state index contributed by atoms with van der Waals surface area (Å²) in [6.45, 7) is 0. The van der Waals surface area contributed by atoms with E-state index in [-0.39, 0.29) is 11.3 Å². The van der Waals surface area contributed by atoms with Gasteiger partial charge in [0.05, 0.1) is 0 Å². The van der Waals surface area contributed by atoms with Crippen LogP contribution in [0.15, 0.2) is 17.5 Å². The van der Waals surface area contributed by atoms with Crippen LogP contribution in [0.2, 0.25) is 0 Å². The summed E-state index contributed by atoms with van der Waals surface area (Å²) < 4.78 is 1.90. The van der Waals surface area contributed by atoms with Gasteiger partial charge in [-0.1, -0.05) is 0 Å². The number of hydrogen-bond acceptors (Lipinski definition) is 3. The Morgan fingerprint density at radius 2 is 2.14 bits per heavy atom. The lowest BCUT2D eigenvalue weighted by atomic mass is 10.1. The molecule has 0 unspecified atom stereocenters. The van der Waals surface area contributed by atoms with E-state index in [0.717, 1.165) is 13.7 Å². The molecule has 0 saturated carbocycles. The monoisotopic (exact) mass is 320 g/mol. The zero-order valence-electron chi connectivity index (χ0n) is 6.82. The van der Waals surface area contributed by atoms with E-state index in [9.17, 15) is 9.90 Å². The largest absolute Gasteiger partial charge is 0.507 e. The fourth-order valence-corrected chi connectivity index (χ4v) is 3.05. The lowest BCUT2D eigenvalue weighted by Gasteiger charge is -1.99. The number of thiophene rings is 1. The van der Waals surface area contributed by atoms with Gasteiger partial charge in [0.15, 0.2) is 0 Å². The topological polar surface area (TPSA) is 57.5 Å². The standard InChI is InChI=1S/C9H5IO3S/c10-6-3-14-8-2-7(11)5(9(12)13)1-4(6)8/h1-3,11H,(H,12,13). The highest BCUT2D eigenvalue weighted by molar-refractivity contribution is 14.1. The third kappa shape index (κ3) is 1.46. The fraction of sp³-hybridized carbons (Fsp3) is 0. The Kier molecular flexibility index (Phi) is 2.36. The molecule has 3 nitrogen and oxygen atoms in total. The fourth-order valence-electron chi connectivity index (χ4n) is 1.20. The molecule has 0 radical (unpaired) electrons. The van der Waals surface area contributed by atoms with E-state index < -0.39 is 5.97 Å². The number of benzene rings is 1. The van der Waals surface area contributed by atoms with Crippen LogP contribution in [0.3, 0.4) is 0 Å². The van der Waals surface area contributed by atoms with Crippen molar-refractivity contribution < 1.29 is 15.0 Å². The smallest absolute Gasteiger partial charge is 0.339 e. The van der Waals surface area contributed by atoms with Crippen LogP contribution in [0.1, 0.15) is 10.4 Å². The summed E-state index contributed by atoms with van der Waals surface area (Å²) in [6, 6.07) is 3.00. The zero-order valence-corrected chi connectivity index (χ0v) is 9.79. The number of carbonyl (C=O) groups is 1. The number of halogens is 1. The Morgan fingerprint density at radius 1 is 1.43 bits per heavy atom. The first-order valence-electron chi connectivity index (χ1n) is 3.72. The first-order chi connectivity index (χ1) is 6.59. The van der Waals surface area contributed by atoms with Gasteiger partial charge in [-0.15, -0.1) is 11.3 Å². The predicted octanol–water partition coefficient (Wildman–Crippen LogP) is 2.91. The van der Waals surface area contributed by atoms with E-state index >= 15 is 0 Å². The molecule has 0 fully saturated rings. The lowest BCUT2D eigenvalue weighted by Crippen LogP contribution is -1.96. The van der Waals surface area contributed by atoms with Gasteiger partial charge >= 0.3 is 5.97 Å². The molecular formula is C9H5IO3S. The molecular weight excluding hydrogens is 315 g/mol. The summed E-state index contributed by atoms with van der Waals surface area (Å²) in [4.78, 5) is 10.7. The van der Waals surface area contributed by atoms with Crippen LogP contribution < -0.4 is 0 Å². The normalized spacial score (nSPS) is 10.6. The highest BCUT2D eigenvalue weighted by Gasteiger charge is 2.12. The van der Waals surface area contributed by atoms with Gasteiger partial charge in [0.25, 0.3) is 0 Å². The minimum atomic E-state index is -1.11. The molecule has 1 aromatic carbocycles. The van der Waals surface area contributed by atoms with E-state index in [1.54, 1.807) is 0 Å². The molecule has 2 N–H and O–H groups in total.